The highest BCUT2D eigenvalue weighted by atomic mass is 79.9. The Hall–Kier alpha value is -1.79. The smallest absolute Gasteiger partial charge is 0.103 e. The van der Waals surface area contributed by atoms with Crippen molar-refractivity contribution in [2.75, 3.05) is 11.4 Å². The van der Waals surface area contributed by atoms with E-state index in [9.17, 15) is 5.26 Å². The molecule has 2 aromatic carbocycles. The van der Waals surface area contributed by atoms with E-state index in [1.807, 2.05) is 36.4 Å². The fraction of sp³-hybridized carbons (Fsp3) is 0.188. The van der Waals surface area contributed by atoms with Gasteiger partial charge in [0.15, 0.2) is 0 Å². The van der Waals surface area contributed by atoms with Gasteiger partial charge in [-0.05, 0) is 40.5 Å². The van der Waals surface area contributed by atoms with Crippen LogP contribution < -0.4 is 4.90 Å². The molecule has 0 aromatic heterocycles. The van der Waals surface area contributed by atoms with Gasteiger partial charge in [-0.25, -0.2) is 0 Å². The molecule has 0 saturated heterocycles. The highest BCUT2D eigenvalue weighted by Crippen LogP contribution is 2.28. The Morgan fingerprint density at radius 3 is 2.47 bits per heavy atom. The van der Waals surface area contributed by atoms with Crippen LogP contribution in [0, 0.1) is 11.3 Å². The van der Waals surface area contributed by atoms with Crippen molar-refractivity contribution in [3.63, 3.8) is 0 Å². The van der Waals surface area contributed by atoms with Crippen LogP contribution in [0.2, 0.25) is 0 Å². The van der Waals surface area contributed by atoms with Crippen LogP contribution in [0.25, 0.3) is 0 Å². The fourth-order valence-corrected chi connectivity index (χ4v) is 2.50. The van der Waals surface area contributed by atoms with Crippen LogP contribution in [0.5, 0.6) is 0 Å². The van der Waals surface area contributed by atoms with Crippen molar-refractivity contribution in [3.8, 4) is 6.07 Å². The Kier molecular flexibility index (Phi) is 4.59. The first kappa shape index (κ1) is 13.6. The molecule has 0 aliphatic heterocycles. The molecule has 96 valence electrons. The van der Waals surface area contributed by atoms with Crippen molar-refractivity contribution in [1.82, 2.24) is 0 Å². The second kappa shape index (κ2) is 6.40. The Morgan fingerprint density at radius 1 is 1.11 bits per heavy atom. The lowest BCUT2D eigenvalue weighted by Crippen LogP contribution is -2.23. The predicted molar refractivity (Wildman–Crippen MR) is 82.0 cm³/mol. The van der Waals surface area contributed by atoms with Crippen LogP contribution in [0.1, 0.15) is 18.1 Å². The first-order chi connectivity index (χ1) is 9.26. The molecule has 0 heterocycles. The zero-order chi connectivity index (χ0) is 13.7. The summed E-state index contributed by atoms with van der Waals surface area (Å²) < 4.78 is 0.846. The summed E-state index contributed by atoms with van der Waals surface area (Å²) >= 11 is 3.44. The molecule has 0 aliphatic rings. The third-order valence-corrected chi connectivity index (χ3v) is 3.70. The van der Waals surface area contributed by atoms with E-state index in [0.717, 1.165) is 23.2 Å². The number of hydrogen-bond acceptors (Lipinski definition) is 2. The van der Waals surface area contributed by atoms with Gasteiger partial charge >= 0.3 is 0 Å². The van der Waals surface area contributed by atoms with E-state index in [2.05, 4.69) is 46.0 Å². The van der Waals surface area contributed by atoms with E-state index >= 15 is 0 Å². The minimum absolute atomic E-state index is 0.695. The first-order valence-corrected chi connectivity index (χ1v) is 7.03. The summed E-state index contributed by atoms with van der Waals surface area (Å²) in [6.45, 7) is 3.77. The van der Waals surface area contributed by atoms with Gasteiger partial charge in [-0.1, -0.05) is 36.4 Å². The molecule has 0 N–H and O–H groups in total. The van der Waals surface area contributed by atoms with Crippen LogP contribution in [0.4, 0.5) is 5.69 Å². The third-order valence-electron chi connectivity index (χ3n) is 3.04. The molecule has 2 aromatic rings. The zero-order valence-electron chi connectivity index (χ0n) is 10.8. The normalized spacial score (nSPS) is 9.95. The molecule has 0 radical (unpaired) electrons. The van der Waals surface area contributed by atoms with Gasteiger partial charge in [0.05, 0.1) is 11.3 Å². The molecule has 0 unspecified atom stereocenters. The van der Waals surface area contributed by atoms with Gasteiger partial charge < -0.3 is 4.90 Å². The van der Waals surface area contributed by atoms with Crippen molar-refractivity contribution in [2.45, 2.75) is 13.5 Å². The van der Waals surface area contributed by atoms with Gasteiger partial charge in [-0.2, -0.15) is 5.26 Å². The summed E-state index contributed by atoms with van der Waals surface area (Å²) in [5, 5.41) is 9.30. The van der Waals surface area contributed by atoms with Gasteiger partial charge in [-0.3, -0.25) is 0 Å². The van der Waals surface area contributed by atoms with E-state index < -0.39 is 0 Å². The van der Waals surface area contributed by atoms with Gasteiger partial charge in [0.25, 0.3) is 0 Å². The topological polar surface area (TPSA) is 27.0 Å². The average molecular weight is 315 g/mol. The van der Waals surface area contributed by atoms with Crippen molar-refractivity contribution in [1.29, 1.82) is 5.26 Å². The summed E-state index contributed by atoms with van der Waals surface area (Å²) in [5.41, 5.74) is 2.91. The standard InChI is InChI=1S/C16H15BrN2/c1-2-19(12-13-7-4-3-5-8-13)16-10-6-9-15(17)14(16)11-18/h3-10H,2,12H2,1H3. The molecule has 2 rings (SSSR count). The number of benzene rings is 2. The number of rotatable bonds is 4. The molecule has 2 nitrogen and oxygen atoms in total. The average Bonchev–Trinajstić information content (AvgIpc) is 2.45. The lowest BCUT2D eigenvalue weighted by atomic mass is 10.1. The quantitative estimate of drug-likeness (QED) is 0.839. The fourth-order valence-electron chi connectivity index (χ4n) is 2.06. The number of halogens is 1. The van der Waals surface area contributed by atoms with E-state index in [1.165, 1.54) is 5.56 Å². The molecule has 0 fully saturated rings. The van der Waals surface area contributed by atoms with Crippen molar-refractivity contribution >= 4 is 21.6 Å². The maximum Gasteiger partial charge on any atom is 0.103 e. The van der Waals surface area contributed by atoms with Crippen LogP contribution >= 0.6 is 15.9 Å². The largest absolute Gasteiger partial charge is 0.366 e. The lowest BCUT2D eigenvalue weighted by molar-refractivity contribution is 0.830. The lowest BCUT2D eigenvalue weighted by Gasteiger charge is -2.24. The SMILES string of the molecule is CCN(Cc1ccccc1)c1cccc(Br)c1C#N. The molecule has 3 heteroatoms. The Morgan fingerprint density at radius 2 is 1.84 bits per heavy atom. The Labute approximate surface area is 122 Å². The number of anilines is 1. The minimum Gasteiger partial charge on any atom is -0.366 e. The number of nitrogens with zero attached hydrogens (tertiary/aromatic N) is 2. The highest BCUT2D eigenvalue weighted by molar-refractivity contribution is 9.10. The van der Waals surface area contributed by atoms with Crippen molar-refractivity contribution in [2.24, 2.45) is 0 Å². The molecule has 0 atom stereocenters. The second-order valence-electron chi connectivity index (χ2n) is 4.25. The highest BCUT2D eigenvalue weighted by Gasteiger charge is 2.12. The molecule has 0 spiro atoms. The number of hydrogen-bond donors (Lipinski definition) is 0. The maximum absolute atomic E-state index is 9.30. The second-order valence-corrected chi connectivity index (χ2v) is 5.10. The van der Waals surface area contributed by atoms with Crippen LogP contribution in [-0.4, -0.2) is 6.54 Å². The zero-order valence-corrected chi connectivity index (χ0v) is 12.4. The van der Waals surface area contributed by atoms with Crippen molar-refractivity contribution < 1.29 is 0 Å². The minimum atomic E-state index is 0.695. The molecule has 0 saturated carbocycles. The summed E-state index contributed by atoms with van der Waals surface area (Å²) in [6.07, 6.45) is 0. The Balaban J connectivity index is 2.33. The monoisotopic (exact) mass is 314 g/mol. The molecule has 0 aliphatic carbocycles. The van der Waals surface area contributed by atoms with Gasteiger partial charge in [0.2, 0.25) is 0 Å². The molecule has 19 heavy (non-hydrogen) atoms. The maximum atomic E-state index is 9.30. The first-order valence-electron chi connectivity index (χ1n) is 6.23. The Bertz CT molecular complexity index is 587. The van der Waals surface area contributed by atoms with Gasteiger partial charge in [0, 0.05) is 17.6 Å². The summed E-state index contributed by atoms with van der Waals surface area (Å²) in [6, 6.07) is 18.4. The van der Waals surface area contributed by atoms with Crippen LogP contribution in [0.15, 0.2) is 53.0 Å². The molecular weight excluding hydrogens is 300 g/mol. The van der Waals surface area contributed by atoms with E-state index in [1.54, 1.807) is 0 Å². The van der Waals surface area contributed by atoms with E-state index in [4.69, 9.17) is 0 Å². The summed E-state index contributed by atoms with van der Waals surface area (Å²) in [4.78, 5) is 2.21. The molecule has 0 amide bonds. The molecule has 0 bridgehead atoms. The van der Waals surface area contributed by atoms with Crippen molar-refractivity contribution in [3.05, 3.63) is 64.1 Å². The van der Waals surface area contributed by atoms with Crippen LogP contribution in [-0.2, 0) is 6.54 Å². The summed E-state index contributed by atoms with van der Waals surface area (Å²) in [7, 11) is 0. The third kappa shape index (κ3) is 3.15. The van der Waals surface area contributed by atoms with E-state index in [-0.39, 0.29) is 0 Å². The summed E-state index contributed by atoms with van der Waals surface area (Å²) in [5.74, 6) is 0. The van der Waals surface area contributed by atoms with Crippen LogP contribution in [0.3, 0.4) is 0 Å². The molecular formula is C16H15BrN2. The number of nitriles is 1. The van der Waals surface area contributed by atoms with E-state index in [0.29, 0.717) is 5.56 Å². The van der Waals surface area contributed by atoms with Gasteiger partial charge in [0.1, 0.15) is 6.07 Å². The predicted octanol–water partition coefficient (Wildman–Crippen LogP) is 4.35. The van der Waals surface area contributed by atoms with Gasteiger partial charge in [-0.15, -0.1) is 0 Å².